The van der Waals surface area contributed by atoms with Crippen LogP contribution in [-0.4, -0.2) is 43.0 Å². The summed E-state index contributed by atoms with van der Waals surface area (Å²) in [5, 5.41) is 10.7. The van der Waals surface area contributed by atoms with Gasteiger partial charge in [0.15, 0.2) is 23.0 Å². The van der Waals surface area contributed by atoms with Crippen LogP contribution in [0.1, 0.15) is 31.0 Å². The number of benzene rings is 2. The molecule has 0 aromatic heterocycles. The number of hydrogen-bond donors (Lipinski definition) is 1. The normalized spacial score (nSPS) is 16.1. The number of methoxy groups -OCH3 is 3. The number of para-hydroxylation sites is 1. The number of nitrogens with zero attached hydrogens (tertiary/aromatic N) is 1. The van der Waals surface area contributed by atoms with Crippen LogP contribution in [0.4, 0.5) is 0 Å². The fraction of sp³-hybridized carbons (Fsp3) is 0.333. The second-order valence-corrected chi connectivity index (χ2v) is 7.54. The highest BCUT2D eigenvalue weighted by atomic mass is 16.5. The van der Waals surface area contributed by atoms with Crippen molar-refractivity contribution in [2.75, 3.05) is 21.3 Å². The van der Waals surface area contributed by atoms with Crippen LogP contribution in [0.15, 0.2) is 53.8 Å². The van der Waals surface area contributed by atoms with Crippen LogP contribution in [0.2, 0.25) is 0 Å². The van der Waals surface area contributed by atoms with Gasteiger partial charge in [0.25, 0.3) is 5.91 Å². The predicted octanol–water partition coefficient (Wildman–Crippen LogP) is 3.83. The standard InChI is InChI=1S/C24H27NO6/c1-14(2)22(26)20-21(15-10-11-18(30-4)19(12-15)31-5)25(24(28)23(20)27)13-16-8-6-7-9-17(16)29-3/h6-12,14,21,27H,13H2,1-5H3. The molecule has 1 heterocycles. The van der Waals surface area contributed by atoms with Crippen molar-refractivity contribution in [2.24, 2.45) is 5.92 Å². The van der Waals surface area contributed by atoms with Crippen LogP contribution < -0.4 is 14.2 Å². The van der Waals surface area contributed by atoms with Crippen LogP contribution in [0.5, 0.6) is 17.2 Å². The van der Waals surface area contributed by atoms with Crippen molar-refractivity contribution in [3.05, 3.63) is 64.9 Å². The van der Waals surface area contributed by atoms with Crippen molar-refractivity contribution in [1.29, 1.82) is 0 Å². The topological polar surface area (TPSA) is 85.3 Å². The SMILES string of the molecule is COc1ccccc1CN1C(=O)C(O)=C(C(=O)C(C)C)C1c1ccc(OC)c(OC)c1. The molecule has 0 bridgehead atoms. The van der Waals surface area contributed by atoms with Crippen molar-refractivity contribution >= 4 is 11.7 Å². The Labute approximate surface area is 181 Å². The lowest BCUT2D eigenvalue weighted by molar-refractivity contribution is -0.130. The van der Waals surface area contributed by atoms with Crippen LogP contribution in [-0.2, 0) is 16.1 Å². The second kappa shape index (κ2) is 9.12. The third-order valence-electron chi connectivity index (χ3n) is 5.35. The molecule has 0 saturated carbocycles. The number of Topliss-reactive ketones (excluding diaryl/α,β-unsaturated/α-hetero) is 1. The highest BCUT2D eigenvalue weighted by molar-refractivity contribution is 6.09. The van der Waals surface area contributed by atoms with E-state index in [-0.39, 0.29) is 23.8 Å². The fourth-order valence-corrected chi connectivity index (χ4v) is 3.77. The molecule has 3 rings (SSSR count). The van der Waals surface area contributed by atoms with Crippen LogP contribution in [0.3, 0.4) is 0 Å². The van der Waals surface area contributed by atoms with Gasteiger partial charge in [-0.3, -0.25) is 9.59 Å². The monoisotopic (exact) mass is 425 g/mol. The summed E-state index contributed by atoms with van der Waals surface area (Å²) in [6.07, 6.45) is 0. The number of amides is 1. The van der Waals surface area contributed by atoms with Gasteiger partial charge in [-0.1, -0.05) is 38.1 Å². The van der Waals surface area contributed by atoms with Gasteiger partial charge < -0.3 is 24.2 Å². The molecular formula is C24H27NO6. The van der Waals surface area contributed by atoms with Crippen molar-refractivity contribution in [1.82, 2.24) is 4.90 Å². The summed E-state index contributed by atoms with van der Waals surface area (Å²) < 4.78 is 16.1. The summed E-state index contributed by atoms with van der Waals surface area (Å²) in [7, 11) is 4.60. The zero-order valence-electron chi connectivity index (χ0n) is 18.3. The molecule has 0 spiro atoms. The van der Waals surface area contributed by atoms with E-state index in [2.05, 4.69) is 0 Å². The van der Waals surface area contributed by atoms with E-state index in [0.29, 0.717) is 22.8 Å². The van der Waals surface area contributed by atoms with Gasteiger partial charge in [-0.15, -0.1) is 0 Å². The third-order valence-corrected chi connectivity index (χ3v) is 5.35. The lowest BCUT2D eigenvalue weighted by Gasteiger charge is -2.28. The lowest BCUT2D eigenvalue weighted by Crippen LogP contribution is -2.31. The number of aliphatic hydroxyl groups is 1. The van der Waals surface area contributed by atoms with Gasteiger partial charge >= 0.3 is 0 Å². The summed E-state index contributed by atoms with van der Waals surface area (Å²) in [6.45, 7) is 3.63. The Morgan fingerprint density at radius 1 is 1.00 bits per heavy atom. The molecule has 7 heteroatoms. The van der Waals surface area contributed by atoms with Crippen molar-refractivity contribution in [2.45, 2.75) is 26.4 Å². The number of rotatable bonds is 8. The lowest BCUT2D eigenvalue weighted by atomic mass is 9.91. The summed E-state index contributed by atoms with van der Waals surface area (Å²) in [5.74, 6) is -0.191. The third kappa shape index (κ3) is 4.08. The first-order valence-electron chi connectivity index (χ1n) is 9.96. The summed E-state index contributed by atoms with van der Waals surface area (Å²) in [6, 6.07) is 11.8. The first-order valence-corrected chi connectivity index (χ1v) is 9.96. The van der Waals surface area contributed by atoms with E-state index in [0.717, 1.165) is 5.56 Å². The van der Waals surface area contributed by atoms with Crippen molar-refractivity contribution in [3.63, 3.8) is 0 Å². The van der Waals surface area contributed by atoms with E-state index in [9.17, 15) is 14.7 Å². The highest BCUT2D eigenvalue weighted by Gasteiger charge is 2.44. The Balaban J connectivity index is 2.14. The average molecular weight is 425 g/mol. The number of hydrogen-bond acceptors (Lipinski definition) is 6. The van der Waals surface area contributed by atoms with Gasteiger partial charge in [-0.25, -0.2) is 0 Å². The predicted molar refractivity (Wildman–Crippen MR) is 115 cm³/mol. The maximum Gasteiger partial charge on any atom is 0.290 e. The molecule has 0 aliphatic carbocycles. The molecule has 0 radical (unpaired) electrons. The van der Waals surface area contributed by atoms with Crippen LogP contribution in [0, 0.1) is 5.92 Å². The summed E-state index contributed by atoms with van der Waals surface area (Å²) >= 11 is 0. The maximum atomic E-state index is 13.1. The van der Waals surface area contributed by atoms with Gasteiger partial charge in [0.05, 0.1) is 39.5 Å². The molecule has 1 atom stereocenters. The molecular weight excluding hydrogens is 398 g/mol. The number of aliphatic hydroxyl groups excluding tert-OH is 1. The smallest absolute Gasteiger partial charge is 0.290 e. The molecule has 7 nitrogen and oxygen atoms in total. The number of carbonyl (C=O) groups is 2. The maximum absolute atomic E-state index is 13.1. The average Bonchev–Trinajstić information content (AvgIpc) is 3.03. The van der Waals surface area contributed by atoms with Gasteiger partial charge in [-0.2, -0.15) is 0 Å². The minimum absolute atomic E-state index is 0.0853. The number of ketones is 1. The van der Waals surface area contributed by atoms with E-state index >= 15 is 0 Å². The Bertz CT molecular complexity index is 1030. The van der Waals surface area contributed by atoms with E-state index < -0.39 is 17.7 Å². The van der Waals surface area contributed by atoms with E-state index in [1.807, 2.05) is 18.2 Å². The van der Waals surface area contributed by atoms with Gasteiger partial charge in [0.1, 0.15) is 5.75 Å². The number of carbonyl (C=O) groups excluding carboxylic acids is 2. The molecule has 31 heavy (non-hydrogen) atoms. The first-order chi connectivity index (χ1) is 14.8. The molecule has 0 saturated heterocycles. The van der Waals surface area contributed by atoms with Crippen molar-refractivity contribution < 1.29 is 28.9 Å². The Hall–Kier alpha value is -3.48. The molecule has 164 valence electrons. The summed E-state index contributed by atoms with van der Waals surface area (Å²) in [5.41, 5.74) is 1.48. The highest BCUT2D eigenvalue weighted by Crippen LogP contribution is 2.42. The molecule has 2 aromatic carbocycles. The van der Waals surface area contributed by atoms with Crippen LogP contribution in [0.25, 0.3) is 0 Å². The Morgan fingerprint density at radius 2 is 1.65 bits per heavy atom. The van der Waals surface area contributed by atoms with Crippen LogP contribution >= 0.6 is 0 Å². The Morgan fingerprint density at radius 3 is 2.26 bits per heavy atom. The zero-order valence-corrected chi connectivity index (χ0v) is 18.3. The largest absolute Gasteiger partial charge is 0.503 e. The molecule has 1 N–H and O–H groups in total. The fourth-order valence-electron chi connectivity index (χ4n) is 3.77. The number of ether oxygens (including phenoxy) is 3. The minimum atomic E-state index is -0.771. The first kappa shape index (κ1) is 22.2. The van der Waals surface area contributed by atoms with Gasteiger partial charge in [-0.05, 0) is 23.8 Å². The van der Waals surface area contributed by atoms with Crippen molar-refractivity contribution in [3.8, 4) is 17.2 Å². The molecule has 0 fully saturated rings. The van der Waals surface area contributed by atoms with Gasteiger partial charge in [0.2, 0.25) is 0 Å². The molecule has 1 unspecified atom stereocenters. The molecule has 1 amide bonds. The summed E-state index contributed by atoms with van der Waals surface area (Å²) in [4.78, 5) is 27.6. The van der Waals surface area contributed by atoms with E-state index in [1.54, 1.807) is 45.2 Å². The molecule has 2 aromatic rings. The molecule has 1 aliphatic heterocycles. The minimum Gasteiger partial charge on any atom is -0.503 e. The van der Waals surface area contributed by atoms with E-state index in [1.165, 1.54) is 19.1 Å². The second-order valence-electron chi connectivity index (χ2n) is 7.54. The Kier molecular flexibility index (Phi) is 6.53. The molecule has 1 aliphatic rings. The van der Waals surface area contributed by atoms with E-state index in [4.69, 9.17) is 14.2 Å². The zero-order chi connectivity index (χ0) is 22.7. The van der Waals surface area contributed by atoms with Gasteiger partial charge in [0, 0.05) is 11.5 Å². The quantitative estimate of drug-likeness (QED) is 0.692.